The molecular weight excluding hydrogens is 459 g/mol. The van der Waals surface area contributed by atoms with Crippen LogP contribution in [0.2, 0.25) is 0 Å². The Morgan fingerprint density at radius 1 is 1.15 bits per heavy atom. The number of hydrogen-bond donors (Lipinski definition) is 3. The topological polar surface area (TPSA) is 88.5 Å². The number of aromatic amines is 1. The number of aromatic hydroxyl groups is 1. The summed E-state index contributed by atoms with van der Waals surface area (Å²) in [5.74, 6) is 0.407. The van der Waals surface area contributed by atoms with Crippen molar-refractivity contribution in [3.8, 4) is 23.1 Å². The molecule has 2 heterocycles. The monoisotopic (exact) mass is 479 g/mol. The maximum absolute atomic E-state index is 13.2. The zero-order chi connectivity index (χ0) is 23.9. The van der Waals surface area contributed by atoms with E-state index in [0.717, 1.165) is 22.3 Å². The lowest BCUT2D eigenvalue weighted by molar-refractivity contribution is -0.137. The lowest BCUT2D eigenvalue weighted by Gasteiger charge is -2.29. The molecule has 7 nitrogen and oxygen atoms in total. The molecule has 11 heteroatoms. The van der Waals surface area contributed by atoms with Crippen LogP contribution in [0.1, 0.15) is 28.3 Å². The molecular formula is C22H20F3N3O4S. The van der Waals surface area contributed by atoms with Crippen molar-refractivity contribution in [2.24, 2.45) is 0 Å². The number of fused-ring (bicyclic) bond motifs is 1. The van der Waals surface area contributed by atoms with E-state index in [9.17, 15) is 23.1 Å². The van der Waals surface area contributed by atoms with Crippen molar-refractivity contribution in [1.82, 2.24) is 14.9 Å². The predicted octanol–water partition coefficient (Wildman–Crippen LogP) is 3.87. The molecule has 1 aromatic heterocycles. The quantitative estimate of drug-likeness (QED) is 0.493. The summed E-state index contributed by atoms with van der Waals surface area (Å²) >= 11 is 5.17. The molecule has 33 heavy (non-hydrogen) atoms. The number of methoxy groups -OCH3 is 2. The summed E-state index contributed by atoms with van der Waals surface area (Å²) in [5.41, 5.74) is -0.120. The molecule has 0 saturated heterocycles. The molecule has 0 fully saturated rings. The molecule has 1 atom stereocenters. The second-order valence-electron chi connectivity index (χ2n) is 7.42. The molecule has 3 aromatic rings. The Labute approximate surface area is 191 Å². The number of hydrogen-bond acceptors (Lipinski definition) is 6. The van der Waals surface area contributed by atoms with Crippen LogP contribution in [0.15, 0.2) is 41.2 Å². The van der Waals surface area contributed by atoms with Crippen molar-refractivity contribution in [1.29, 1.82) is 0 Å². The highest BCUT2D eigenvalue weighted by molar-refractivity contribution is 7.71. The van der Waals surface area contributed by atoms with Gasteiger partial charge in [-0.05, 0) is 60.1 Å². The number of rotatable bonds is 4. The van der Waals surface area contributed by atoms with Gasteiger partial charge in [-0.1, -0.05) is 6.07 Å². The van der Waals surface area contributed by atoms with E-state index in [-0.39, 0.29) is 16.0 Å². The van der Waals surface area contributed by atoms with Gasteiger partial charge < -0.3 is 19.9 Å². The van der Waals surface area contributed by atoms with Crippen molar-refractivity contribution in [3.05, 3.63) is 73.8 Å². The Hall–Kier alpha value is -3.31. The van der Waals surface area contributed by atoms with E-state index < -0.39 is 29.2 Å². The fraction of sp³-hybridized carbons (Fsp3) is 0.273. The van der Waals surface area contributed by atoms with Crippen molar-refractivity contribution in [2.75, 3.05) is 20.8 Å². The van der Waals surface area contributed by atoms with Gasteiger partial charge in [0.1, 0.15) is 0 Å². The number of nitrogens with one attached hydrogen (secondary N) is 2. The standard InChI is InChI=1S/C22H20F3N3O4S/c1-31-15-8-11-6-7-26-18(14(11)10-16(15)32-2)17-19(29)27-21(33)28(20(17)30)13-5-3-4-12(9-13)22(23,24)25/h3-5,8-10,18,26,30H,6-7H2,1-2H3,(H,27,29,33)/t18-/m0/s1. The van der Waals surface area contributed by atoms with Crippen LogP contribution in [0.5, 0.6) is 17.4 Å². The fourth-order valence-electron chi connectivity index (χ4n) is 4.00. The highest BCUT2D eigenvalue weighted by Gasteiger charge is 2.32. The normalized spacial score (nSPS) is 15.7. The molecule has 0 radical (unpaired) electrons. The summed E-state index contributed by atoms with van der Waals surface area (Å²) in [4.78, 5) is 15.4. The highest BCUT2D eigenvalue weighted by Crippen LogP contribution is 2.39. The second kappa shape index (κ2) is 8.56. The average Bonchev–Trinajstić information content (AvgIpc) is 2.77. The van der Waals surface area contributed by atoms with Gasteiger partial charge in [-0.3, -0.25) is 14.3 Å². The van der Waals surface area contributed by atoms with Crippen LogP contribution in [-0.4, -0.2) is 35.4 Å². The van der Waals surface area contributed by atoms with Crippen LogP contribution < -0.4 is 20.3 Å². The summed E-state index contributed by atoms with van der Waals surface area (Å²) in [6.45, 7) is 0.491. The SMILES string of the molecule is COc1cc2c(cc1OC)[C@@H](c1c(O)n(-c3cccc(C(F)(F)F)c3)c(=S)[nH]c1=O)NCC2. The van der Waals surface area contributed by atoms with Crippen LogP contribution in [0.4, 0.5) is 13.2 Å². The molecule has 4 rings (SSSR count). The summed E-state index contributed by atoms with van der Waals surface area (Å²) in [7, 11) is 2.99. The predicted molar refractivity (Wildman–Crippen MR) is 117 cm³/mol. The molecule has 0 amide bonds. The van der Waals surface area contributed by atoms with Gasteiger partial charge in [0.05, 0.1) is 37.1 Å². The average molecular weight is 479 g/mol. The molecule has 1 aliphatic heterocycles. The lowest BCUT2D eigenvalue weighted by atomic mass is 9.90. The molecule has 0 unspecified atom stereocenters. The summed E-state index contributed by atoms with van der Waals surface area (Å²) in [6, 6.07) is 7.09. The fourth-order valence-corrected chi connectivity index (χ4v) is 4.28. The molecule has 174 valence electrons. The minimum atomic E-state index is -4.59. The van der Waals surface area contributed by atoms with Crippen LogP contribution >= 0.6 is 12.2 Å². The van der Waals surface area contributed by atoms with Crippen molar-refractivity contribution < 1.29 is 27.8 Å². The number of aromatic nitrogens is 2. The van der Waals surface area contributed by atoms with Gasteiger partial charge in [0.2, 0.25) is 5.88 Å². The summed E-state index contributed by atoms with van der Waals surface area (Å²) in [5, 5.41) is 14.3. The smallest absolute Gasteiger partial charge is 0.416 e. The number of nitrogens with zero attached hydrogens (tertiary/aromatic N) is 1. The first-order valence-corrected chi connectivity index (χ1v) is 10.3. The van der Waals surface area contributed by atoms with Crippen LogP contribution in [0.25, 0.3) is 5.69 Å². The van der Waals surface area contributed by atoms with E-state index in [1.54, 1.807) is 12.1 Å². The molecule has 0 bridgehead atoms. The number of ether oxygens (including phenoxy) is 2. The van der Waals surface area contributed by atoms with Crippen LogP contribution in [0, 0.1) is 4.77 Å². The third-order valence-corrected chi connectivity index (χ3v) is 5.83. The van der Waals surface area contributed by atoms with E-state index in [4.69, 9.17) is 21.7 Å². The number of alkyl halides is 3. The molecule has 2 aromatic carbocycles. The largest absolute Gasteiger partial charge is 0.494 e. The first kappa shape index (κ1) is 22.9. The van der Waals surface area contributed by atoms with Gasteiger partial charge in [0.25, 0.3) is 5.56 Å². The number of H-pyrrole nitrogens is 1. The molecule has 0 saturated carbocycles. The van der Waals surface area contributed by atoms with E-state index in [2.05, 4.69) is 10.3 Å². The third kappa shape index (κ3) is 4.09. The summed E-state index contributed by atoms with van der Waals surface area (Å²) in [6.07, 6.45) is -3.95. The Kier molecular flexibility index (Phi) is 5.93. The lowest BCUT2D eigenvalue weighted by Crippen LogP contribution is -2.35. The van der Waals surface area contributed by atoms with E-state index >= 15 is 0 Å². The Balaban J connectivity index is 1.92. The second-order valence-corrected chi connectivity index (χ2v) is 7.81. The van der Waals surface area contributed by atoms with Gasteiger partial charge in [0.15, 0.2) is 16.3 Å². The Morgan fingerprint density at radius 3 is 2.52 bits per heavy atom. The number of benzene rings is 2. The first-order valence-electron chi connectivity index (χ1n) is 9.89. The maximum atomic E-state index is 13.2. The molecule has 1 aliphatic rings. The third-order valence-electron chi connectivity index (χ3n) is 5.54. The van der Waals surface area contributed by atoms with Crippen LogP contribution in [0.3, 0.4) is 0 Å². The van der Waals surface area contributed by atoms with Crippen LogP contribution in [-0.2, 0) is 12.6 Å². The van der Waals surface area contributed by atoms with Gasteiger partial charge >= 0.3 is 6.18 Å². The van der Waals surface area contributed by atoms with Gasteiger partial charge in [-0.2, -0.15) is 13.2 Å². The van der Waals surface area contributed by atoms with E-state index in [0.29, 0.717) is 30.0 Å². The zero-order valence-corrected chi connectivity index (χ0v) is 18.4. The summed E-state index contributed by atoms with van der Waals surface area (Å²) < 4.78 is 51.2. The first-order chi connectivity index (χ1) is 15.7. The maximum Gasteiger partial charge on any atom is 0.416 e. The molecule has 0 spiro atoms. The van der Waals surface area contributed by atoms with Crippen molar-refractivity contribution >= 4 is 12.2 Å². The Morgan fingerprint density at radius 2 is 1.85 bits per heavy atom. The van der Waals surface area contributed by atoms with Crippen molar-refractivity contribution in [3.63, 3.8) is 0 Å². The van der Waals surface area contributed by atoms with Gasteiger partial charge in [0, 0.05) is 6.54 Å². The minimum Gasteiger partial charge on any atom is -0.494 e. The van der Waals surface area contributed by atoms with Crippen molar-refractivity contribution in [2.45, 2.75) is 18.6 Å². The van der Waals surface area contributed by atoms with E-state index in [1.165, 1.54) is 26.4 Å². The van der Waals surface area contributed by atoms with Gasteiger partial charge in [-0.15, -0.1) is 0 Å². The molecule has 0 aliphatic carbocycles. The van der Waals surface area contributed by atoms with Gasteiger partial charge in [-0.25, -0.2) is 0 Å². The Bertz CT molecular complexity index is 1330. The molecule has 3 N–H and O–H groups in total. The minimum absolute atomic E-state index is 0.0341. The number of halogens is 3. The highest BCUT2D eigenvalue weighted by atomic mass is 32.1. The zero-order valence-electron chi connectivity index (χ0n) is 17.6. The van der Waals surface area contributed by atoms with E-state index in [1.807, 2.05) is 0 Å².